The maximum Gasteiger partial charge on any atom is 0.279 e. The number of imidazole rings is 1. The van der Waals surface area contributed by atoms with Crippen LogP contribution < -0.4 is 5.56 Å². The number of aromatic amines is 1. The van der Waals surface area contributed by atoms with E-state index in [4.69, 9.17) is 9.78 Å². The van der Waals surface area contributed by atoms with E-state index in [0.717, 1.165) is 56.3 Å². The van der Waals surface area contributed by atoms with Crippen LogP contribution >= 0.6 is 0 Å². The fraction of sp³-hybridized carbons (Fsp3) is 0.690. The fourth-order valence-corrected chi connectivity index (χ4v) is 5.30. The molecule has 0 amide bonds. The van der Waals surface area contributed by atoms with Gasteiger partial charge in [-0.2, -0.15) is 4.89 Å². The molecule has 1 fully saturated rings. The molecule has 0 saturated heterocycles. The van der Waals surface area contributed by atoms with Gasteiger partial charge in [-0.1, -0.05) is 77.9 Å². The van der Waals surface area contributed by atoms with Gasteiger partial charge in [0.1, 0.15) is 11.6 Å². The third-order valence-electron chi connectivity index (χ3n) is 7.45. The molecule has 2 aromatic rings. The van der Waals surface area contributed by atoms with Crippen LogP contribution in [-0.2, 0) is 9.78 Å². The van der Waals surface area contributed by atoms with Crippen LogP contribution in [0.15, 0.2) is 35.6 Å². The number of hydrogen-bond donors (Lipinski definition) is 2. The SMILES string of the molecule is C=C(CCCCCCCC[C@H]1C(=C)[C@@H](n2cnc3c(=O)[nH]c(C)nc32)C[C@@H]1O)OOCCCCCCC. The average molecular weight is 515 g/mol. The molecule has 0 unspecified atom stereocenters. The van der Waals surface area contributed by atoms with Crippen LogP contribution in [0.1, 0.15) is 109 Å². The molecule has 0 radical (unpaired) electrons. The van der Waals surface area contributed by atoms with Crippen LogP contribution in [0.4, 0.5) is 0 Å². The van der Waals surface area contributed by atoms with E-state index in [1.807, 2.05) is 4.57 Å². The Bertz CT molecular complexity index is 1060. The van der Waals surface area contributed by atoms with Crippen LogP contribution in [0.3, 0.4) is 0 Å². The molecular weight excluding hydrogens is 468 g/mol. The molecule has 0 bridgehead atoms. The van der Waals surface area contributed by atoms with E-state index >= 15 is 0 Å². The van der Waals surface area contributed by atoms with Crippen molar-refractivity contribution in [1.29, 1.82) is 0 Å². The quantitative estimate of drug-likeness (QED) is 0.0778. The monoisotopic (exact) mass is 514 g/mol. The molecule has 8 nitrogen and oxygen atoms in total. The molecule has 1 saturated carbocycles. The van der Waals surface area contributed by atoms with Crippen molar-refractivity contribution in [3.05, 3.63) is 47.0 Å². The lowest BCUT2D eigenvalue weighted by atomic mass is 9.94. The summed E-state index contributed by atoms with van der Waals surface area (Å²) >= 11 is 0. The molecular formula is C29H46N4O4. The number of aryl methyl sites for hydroxylation is 1. The van der Waals surface area contributed by atoms with Crippen molar-refractivity contribution < 1.29 is 14.9 Å². The van der Waals surface area contributed by atoms with Crippen LogP contribution in [0, 0.1) is 12.8 Å². The summed E-state index contributed by atoms with van der Waals surface area (Å²) in [4.78, 5) is 34.1. The summed E-state index contributed by atoms with van der Waals surface area (Å²) in [6, 6.07) is -0.0842. The van der Waals surface area contributed by atoms with Crippen molar-refractivity contribution in [3.63, 3.8) is 0 Å². The fourth-order valence-electron chi connectivity index (χ4n) is 5.30. The van der Waals surface area contributed by atoms with Gasteiger partial charge in [-0.3, -0.25) is 4.79 Å². The van der Waals surface area contributed by atoms with Crippen LogP contribution in [0.5, 0.6) is 0 Å². The molecule has 1 aliphatic carbocycles. The van der Waals surface area contributed by atoms with Crippen molar-refractivity contribution in [2.75, 3.05) is 6.61 Å². The van der Waals surface area contributed by atoms with Crippen LogP contribution in [-0.4, -0.2) is 37.3 Å². The second-order valence-electron chi connectivity index (χ2n) is 10.5. The Labute approximate surface area is 221 Å². The molecule has 2 N–H and O–H groups in total. The molecule has 0 aromatic carbocycles. The first kappa shape index (κ1) is 29.1. The maximum absolute atomic E-state index is 12.2. The van der Waals surface area contributed by atoms with Crippen LogP contribution in [0.25, 0.3) is 11.2 Å². The number of rotatable bonds is 18. The Kier molecular flexibility index (Phi) is 11.9. The number of allylic oxidation sites excluding steroid dienone is 1. The number of aliphatic hydroxyl groups is 1. The zero-order chi connectivity index (χ0) is 26.6. The van der Waals surface area contributed by atoms with Crippen molar-refractivity contribution >= 4 is 11.2 Å². The number of nitrogens with one attached hydrogen (secondary N) is 1. The number of nitrogens with zero attached hydrogens (tertiary/aromatic N) is 3. The summed E-state index contributed by atoms with van der Waals surface area (Å²) in [5.74, 6) is 1.34. The maximum atomic E-state index is 12.2. The Hall–Kier alpha value is -2.45. The highest BCUT2D eigenvalue weighted by Gasteiger charge is 2.37. The van der Waals surface area contributed by atoms with Gasteiger partial charge < -0.3 is 19.5 Å². The molecule has 2 aromatic heterocycles. The van der Waals surface area contributed by atoms with Crippen molar-refractivity contribution in [1.82, 2.24) is 19.5 Å². The second-order valence-corrected chi connectivity index (χ2v) is 10.5. The summed E-state index contributed by atoms with van der Waals surface area (Å²) in [7, 11) is 0. The van der Waals surface area contributed by atoms with Gasteiger partial charge >= 0.3 is 0 Å². The van der Waals surface area contributed by atoms with Crippen molar-refractivity contribution in [2.45, 2.75) is 116 Å². The van der Waals surface area contributed by atoms with Gasteiger partial charge in [0.2, 0.25) is 0 Å². The van der Waals surface area contributed by atoms with E-state index in [1.165, 1.54) is 38.5 Å². The topological polar surface area (TPSA) is 102 Å². The molecule has 2 heterocycles. The summed E-state index contributed by atoms with van der Waals surface area (Å²) in [5.41, 5.74) is 1.66. The zero-order valence-electron chi connectivity index (χ0n) is 22.8. The number of aromatic nitrogens is 4. The molecule has 0 spiro atoms. The smallest absolute Gasteiger partial charge is 0.279 e. The van der Waals surface area contributed by atoms with E-state index < -0.39 is 6.10 Å². The summed E-state index contributed by atoms with van der Waals surface area (Å²) in [6.07, 6.45) is 16.4. The molecule has 206 valence electrons. The van der Waals surface area contributed by atoms with E-state index in [0.29, 0.717) is 30.0 Å². The summed E-state index contributed by atoms with van der Waals surface area (Å²) in [6.45, 7) is 12.9. The minimum Gasteiger partial charge on any atom is -0.392 e. The predicted octanol–water partition coefficient (Wildman–Crippen LogP) is 6.46. The number of H-pyrrole nitrogens is 1. The standard InChI is InChI=1S/C29H46N4O4/c1-5-6-7-12-15-18-36-37-21(2)16-13-10-8-9-11-14-17-24-22(3)25(19-26(24)34)33-20-30-27-28(33)31-23(4)32-29(27)35/h20,24-26,34H,2-3,5-19H2,1,4H3,(H,31,32,35)/t24-,25-,26-/m0/s1. The van der Waals surface area contributed by atoms with Crippen molar-refractivity contribution in [3.8, 4) is 0 Å². The molecule has 3 atom stereocenters. The number of fused-ring (bicyclic) bond motifs is 1. The summed E-state index contributed by atoms with van der Waals surface area (Å²) in [5, 5.41) is 10.7. The van der Waals surface area contributed by atoms with E-state index in [9.17, 15) is 9.90 Å². The van der Waals surface area contributed by atoms with Gasteiger partial charge in [0.05, 0.1) is 25.1 Å². The highest BCUT2D eigenvalue weighted by Crippen LogP contribution is 2.42. The largest absolute Gasteiger partial charge is 0.392 e. The molecule has 37 heavy (non-hydrogen) atoms. The lowest BCUT2D eigenvalue weighted by Gasteiger charge is -2.17. The Morgan fingerprint density at radius 2 is 1.84 bits per heavy atom. The van der Waals surface area contributed by atoms with E-state index in [2.05, 4.69) is 35.0 Å². The lowest BCUT2D eigenvalue weighted by molar-refractivity contribution is -0.264. The third kappa shape index (κ3) is 8.54. The number of aliphatic hydroxyl groups excluding tert-OH is 1. The zero-order valence-corrected chi connectivity index (χ0v) is 22.8. The highest BCUT2D eigenvalue weighted by molar-refractivity contribution is 5.69. The van der Waals surface area contributed by atoms with Gasteiger partial charge in [-0.05, 0) is 38.2 Å². The normalized spacial score (nSPS) is 19.6. The lowest BCUT2D eigenvalue weighted by Crippen LogP contribution is -2.13. The Balaban J connectivity index is 1.27. The van der Waals surface area contributed by atoms with Gasteiger partial charge in [0.15, 0.2) is 11.2 Å². The van der Waals surface area contributed by atoms with Gasteiger partial charge in [-0.15, -0.1) is 0 Å². The predicted molar refractivity (Wildman–Crippen MR) is 147 cm³/mol. The minimum absolute atomic E-state index is 0.0673. The van der Waals surface area contributed by atoms with E-state index in [1.54, 1.807) is 13.3 Å². The third-order valence-corrected chi connectivity index (χ3v) is 7.45. The first-order valence-corrected chi connectivity index (χ1v) is 14.2. The van der Waals surface area contributed by atoms with Crippen molar-refractivity contribution in [2.24, 2.45) is 5.92 Å². The molecule has 8 heteroatoms. The first-order chi connectivity index (χ1) is 17.9. The second kappa shape index (κ2) is 15.1. The van der Waals surface area contributed by atoms with E-state index in [-0.39, 0.29) is 17.5 Å². The molecule has 1 aliphatic rings. The number of unbranched alkanes of at least 4 members (excludes halogenated alkanes) is 9. The van der Waals surface area contributed by atoms with Gasteiger partial charge in [-0.25, -0.2) is 9.97 Å². The van der Waals surface area contributed by atoms with Crippen LogP contribution in [0.2, 0.25) is 0 Å². The summed E-state index contributed by atoms with van der Waals surface area (Å²) < 4.78 is 1.90. The first-order valence-electron chi connectivity index (χ1n) is 14.2. The molecule has 3 rings (SSSR count). The highest BCUT2D eigenvalue weighted by atomic mass is 17.2. The average Bonchev–Trinajstić information content (AvgIpc) is 3.40. The van der Waals surface area contributed by atoms with Gasteiger partial charge in [0, 0.05) is 12.3 Å². The Morgan fingerprint density at radius 3 is 2.62 bits per heavy atom. The molecule has 0 aliphatic heterocycles. The minimum atomic E-state index is -0.428. The van der Waals surface area contributed by atoms with Gasteiger partial charge in [0.25, 0.3) is 5.56 Å². The number of hydrogen-bond acceptors (Lipinski definition) is 6. The Morgan fingerprint density at radius 1 is 1.14 bits per heavy atom.